The van der Waals surface area contributed by atoms with Crippen molar-refractivity contribution in [2.45, 2.75) is 46.3 Å². The average molecular weight is 366 g/mol. The molecule has 0 aliphatic heterocycles. The Labute approximate surface area is 126 Å². The lowest BCUT2D eigenvalue weighted by molar-refractivity contribution is 0.500. The van der Waals surface area contributed by atoms with Gasteiger partial charge in [0.2, 0.25) is 0 Å². The molecular weight excluding hydrogens is 343 g/mol. The summed E-state index contributed by atoms with van der Waals surface area (Å²) in [5.74, 6) is 1.67. The molecule has 0 bridgehead atoms. The van der Waals surface area contributed by atoms with Crippen molar-refractivity contribution in [3.8, 4) is 0 Å². The smallest absolute Gasteiger partial charge is 0.191 e. The van der Waals surface area contributed by atoms with Gasteiger partial charge in [0.1, 0.15) is 6.33 Å². The topological polar surface area (TPSA) is 67.1 Å². The van der Waals surface area contributed by atoms with Crippen molar-refractivity contribution in [3.05, 3.63) is 12.2 Å². The van der Waals surface area contributed by atoms with Crippen molar-refractivity contribution in [1.29, 1.82) is 0 Å². The number of aryl methyl sites for hydroxylation is 1. The van der Waals surface area contributed by atoms with Gasteiger partial charge in [0, 0.05) is 19.1 Å². The predicted octanol–water partition coefficient (Wildman–Crippen LogP) is 1.38. The first-order valence-electron chi connectivity index (χ1n) is 5.81. The molecule has 0 saturated heterocycles. The molecule has 0 fully saturated rings. The number of guanidine groups is 1. The first kappa shape index (κ1) is 17.1. The van der Waals surface area contributed by atoms with E-state index in [1.165, 1.54) is 0 Å². The number of nitrogens with zero attached hydrogens (tertiary/aromatic N) is 4. The molecule has 1 rings (SSSR count). The van der Waals surface area contributed by atoms with Crippen LogP contribution in [-0.2, 0) is 13.1 Å². The zero-order chi connectivity index (χ0) is 12.9. The highest BCUT2D eigenvalue weighted by Gasteiger charge is 2.12. The maximum atomic E-state index is 4.17. The number of nitrogens with one attached hydrogen (secondary N) is 2. The molecule has 0 atom stereocenters. The van der Waals surface area contributed by atoms with Gasteiger partial charge < -0.3 is 15.2 Å². The van der Waals surface area contributed by atoms with E-state index in [1.807, 2.05) is 4.57 Å². The lowest BCUT2D eigenvalue weighted by atomic mass is 10.1. The van der Waals surface area contributed by atoms with Crippen LogP contribution < -0.4 is 10.6 Å². The van der Waals surface area contributed by atoms with Crippen LogP contribution in [0.5, 0.6) is 0 Å². The molecule has 0 radical (unpaired) electrons. The Hall–Kier alpha value is -0.860. The van der Waals surface area contributed by atoms with Gasteiger partial charge in [0.25, 0.3) is 0 Å². The Morgan fingerprint density at radius 2 is 2.11 bits per heavy atom. The normalized spacial score (nSPS) is 11.9. The predicted molar refractivity (Wildman–Crippen MR) is 84.2 cm³/mol. The molecule has 1 aromatic rings. The Morgan fingerprint density at radius 3 is 2.61 bits per heavy atom. The lowest BCUT2D eigenvalue weighted by Gasteiger charge is -2.23. The molecule has 1 aromatic heterocycles. The van der Waals surface area contributed by atoms with Crippen LogP contribution in [0.1, 0.15) is 33.5 Å². The fourth-order valence-electron chi connectivity index (χ4n) is 1.38. The van der Waals surface area contributed by atoms with Gasteiger partial charge in [0.15, 0.2) is 11.8 Å². The van der Waals surface area contributed by atoms with E-state index in [2.05, 4.69) is 53.5 Å². The molecule has 7 heteroatoms. The molecule has 0 spiro atoms. The van der Waals surface area contributed by atoms with E-state index in [-0.39, 0.29) is 29.5 Å². The van der Waals surface area contributed by atoms with E-state index < -0.39 is 0 Å². The summed E-state index contributed by atoms with van der Waals surface area (Å²) in [6, 6.07) is 0. The third kappa shape index (κ3) is 5.65. The van der Waals surface area contributed by atoms with Crippen LogP contribution in [-0.4, -0.2) is 33.3 Å². The molecule has 0 saturated carbocycles. The number of halogens is 1. The Morgan fingerprint density at radius 1 is 1.44 bits per heavy atom. The third-order valence-corrected chi connectivity index (χ3v) is 2.17. The summed E-state index contributed by atoms with van der Waals surface area (Å²) in [4.78, 5) is 4.17. The van der Waals surface area contributed by atoms with Crippen LogP contribution in [0, 0.1) is 0 Å². The quantitative estimate of drug-likeness (QED) is 0.482. The zero-order valence-corrected chi connectivity index (χ0v) is 14.0. The minimum atomic E-state index is -0.0136. The largest absolute Gasteiger partial charge is 0.352 e. The van der Waals surface area contributed by atoms with E-state index in [0.717, 1.165) is 18.3 Å². The van der Waals surface area contributed by atoms with Crippen molar-refractivity contribution in [3.63, 3.8) is 0 Å². The SMILES string of the molecule is CCn1cnnc1CNC(=NC)NC(C)(C)C.I. The molecule has 1 heterocycles. The summed E-state index contributed by atoms with van der Waals surface area (Å²) in [7, 11) is 1.76. The van der Waals surface area contributed by atoms with Crippen LogP contribution in [0.3, 0.4) is 0 Å². The van der Waals surface area contributed by atoms with Crippen molar-refractivity contribution >= 4 is 29.9 Å². The number of aliphatic imine (C=N–C) groups is 1. The monoisotopic (exact) mass is 366 g/mol. The van der Waals surface area contributed by atoms with Gasteiger partial charge in [-0.25, -0.2) is 0 Å². The minimum Gasteiger partial charge on any atom is -0.352 e. The molecule has 2 N–H and O–H groups in total. The molecule has 18 heavy (non-hydrogen) atoms. The standard InChI is InChI=1S/C11H22N6.HI/c1-6-17-8-14-16-9(17)7-13-10(12-5)15-11(2,3)4;/h8H,6-7H2,1-5H3,(H2,12,13,15);1H. The molecule has 0 unspecified atom stereocenters. The number of hydrogen-bond acceptors (Lipinski definition) is 3. The molecule has 104 valence electrons. The van der Waals surface area contributed by atoms with Gasteiger partial charge in [0.05, 0.1) is 6.54 Å². The maximum Gasteiger partial charge on any atom is 0.191 e. The first-order chi connectivity index (χ1) is 7.96. The Kier molecular flexibility index (Phi) is 7.19. The summed E-state index contributed by atoms with van der Waals surface area (Å²) in [6.45, 7) is 9.82. The summed E-state index contributed by atoms with van der Waals surface area (Å²) in [5.41, 5.74) is -0.0136. The van der Waals surface area contributed by atoms with Gasteiger partial charge in [-0.15, -0.1) is 34.2 Å². The summed E-state index contributed by atoms with van der Waals surface area (Å²) in [5, 5.41) is 14.4. The maximum absolute atomic E-state index is 4.17. The number of hydrogen-bond donors (Lipinski definition) is 2. The van der Waals surface area contributed by atoms with Gasteiger partial charge >= 0.3 is 0 Å². The van der Waals surface area contributed by atoms with Gasteiger partial charge in [-0.05, 0) is 27.7 Å². The summed E-state index contributed by atoms with van der Waals surface area (Å²) < 4.78 is 2.00. The molecule has 0 aliphatic carbocycles. The second-order valence-corrected chi connectivity index (χ2v) is 4.83. The molecule has 0 aromatic carbocycles. The average Bonchev–Trinajstić information content (AvgIpc) is 2.69. The minimum absolute atomic E-state index is 0. The van der Waals surface area contributed by atoms with Crippen molar-refractivity contribution in [2.75, 3.05) is 7.05 Å². The second kappa shape index (κ2) is 7.55. The number of rotatable bonds is 3. The highest BCUT2D eigenvalue weighted by atomic mass is 127. The molecule has 6 nitrogen and oxygen atoms in total. The zero-order valence-electron chi connectivity index (χ0n) is 11.7. The highest BCUT2D eigenvalue weighted by Crippen LogP contribution is 1.98. The summed E-state index contributed by atoms with van der Waals surface area (Å²) >= 11 is 0. The Balaban J connectivity index is 0.00000289. The van der Waals surface area contributed by atoms with Crippen LogP contribution >= 0.6 is 24.0 Å². The van der Waals surface area contributed by atoms with E-state index in [0.29, 0.717) is 6.54 Å². The van der Waals surface area contributed by atoms with Gasteiger partial charge in [-0.1, -0.05) is 0 Å². The second-order valence-electron chi connectivity index (χ2n) is 4.83. The van der Waals surface area contributed by atoms with Crippen molar-refractivity contribution in [2.24, 2.45) is 4.99 Å². The van der Waals surface area contributed by atoms with Crippen LogP contribution in [0.25, 0.3) is 0 Å². The highest BCUT2D eigenvalue weighted by molar-refractivity contribution is 14.0. The van der Waals surface area contributed by atoms with Crippen LogP contribution in [0.2, 0.25) is 0 Å². The molecule has 0 aliphatic rings. The lowest BCUT2D eigenvalue weighted by Crippen LogP contribution is -2.47. The van der Waals surface area contributed by atoms with E-state index in [4.69, 9.17) is 0 Å². The fourth-order valence-corrected chi connectivity index (χ4v) is 1.38. The molecule has 0 amide bonds. The van der Waals surface area contributed by atoms with Crippen LogP contribution in [0.15, 0.2) is 11.3 Å². The first-order valence-corrected chi connectivity index (χ1v) is 5.81. The van der Waals surface area contributed by atoms with Gasteiger partial charge in [-0.3, -0.25) is 4.99 Å². The van der Waals surface area contributed by atoms with E-state index >= 15 is 0 Å². The van der Waals surface area contributed by atoms with Gasteiger partial charge in [-0.2, -0.15) is 0 Å². The number of aromatic nitrogens is 3. The fraction of sp³-hybridized carbons (Fsp3) is 0.727. The van der Waals surface area contributed by atoms with E-state index in [9.17, 15) is 0 Å². The van der Waals surface area contributed by atoms with Crippen LogP contribution in [0.4, 0.5) is 0 Å². The van der Waals surface area contributed by atoms with Crippen molar-refractivity contribution in [1.82, 2.24) is 25.4 Å². The summed E-state index contributed by atoms with van der Waals surface area (Å²) in [6.07, 6.45) is 1.73. The molecular formula is C11H23IN6. The van der Waals surface area contributed by atoms with Crippen molar-refractivity contribution < 1.29 is 0 Å². The third-order valence-electron chi connectivity index (χ3n) is 2.17. The van der Waals surface area contributed by atoms with E-state index in [1.54, 1.807) is 13.4 Å². The Bertz CT molecular complexity index is 379.